The molecule has 0 aliphatic carbocycles. The first-order valence-corrected chi connectivity index (χ1v) is 43.4. The average molecular weight is 1960 g/mol. The summed E-state index contributed by atoms with van der Waals surface area (Å²) in [5.41, 5.74) is 16.5. The zero-order valence-electron chi connectivity index (χ0n) is 73.5. The number of oxazole rings is 1. The molecular weight excluding hydrogens is 1860 g/mol. The highest BCUT2D eigenvalue weighted by Gasteiger charge is 2.26. The molecular formula is C97H94Cl5N13O21. The van der Waals surface area contributed by atoms with E-state index in [9.17, 15) is 88.4 Å². The van der Waals surface area contributed by atoms with E-state index < -0.39 is 86.2 Å². The molecule has 136 heavy (non-hydrogen) atoms. The van der Waals surface area contributed by atoms with Gasteiger partial charge in [-0.2, -0.15) is 0 Å². The second-order valence-corrected chi connectivity index (χ2v) is 32.1. The molecule has 39 heteroatoms. The summed E-state index contributed by atoms with van der Waals surface area (Å²) in [5.74, 6) is -4.10. The number of hydrogen-bond donors (Lipinski definition) is 12. The van der Waals surface area contributed by atoms with Crippen molar-refractivity contribution in [2.24, 2.45) is 5.73 Å². The van der Waals surface area contributed by atoms with Gasteiger partial charge in [-0.15, -0.1) is 0 Å². The molecule has 34 nitrogen and oxygen atoms in total. The van der Waals surface area contributed by atoms with Crippen LogP contribution in [-0.2, 0) is 56.6 Å². The molecule has 6 heterocycles. The maximum Gasteiger partial charge on any atom is 0.417 e. The molecule has 8 aromatic carbocycles. The van der Waals surface area contributed by atoms with Crippen LogP contribution >= 0.6 is 58.0 Å². The number of carboxylic acid groups (broad SMARTS) is 1. The zero-order valence-corrected chi connectivity index (χ0v) is 77.3. The maximum atomic E-state index is 12.9. The minimum atomic E-state index is -1.10. The Morgan fingerprint density at radius 3 is 1.10 bits per heavy atom. The number of rotatable bonds is 26. The topological polar surface area (TPSA) is 504 Å². The summed E-state index contributed by atoms with van der Waals surface area (Å²) >= 11 is 30.4. The Balaban J connectivity index is 0.000000188. The highest BCUT2D eigenvalue weighted by atomic mass is 35.5. The van der Waals surface area contributed by atoms with Gasteiger partial charge in [-0.25, -0.2) is 14.4 Å². The van der Waals surface area contributed by atoms with Crippen LogP contribution in [0.2, 0.25) is 25.1 Å². The van der Waals surface area contributed by atoms with Crippen molar-refractivity contribution < 1.29 is 68.3 Å². The Morgan fingerprint density at radius 2 is 0.743 bits per heavy atom. The van der Waals surface area contributed by atoms with Gasteiger partial charge in [0.15, 0.2) is 22.5 Å². The number of H-pyrrole nitrogens is 1. The van der Waals surface area contributed by atoms with Gasteiger partial charge in [0.05, 0.1) is 82.2 Å². The number of anilines is 3. The predicted octanol–water partition coefficient (Wildman–Crippen LogP) is 16.2. The SMILES string of the molecule is CCOC(=O)C[C@H](N)c1ccc(C)cc1.CCOC(=O)C[C@H](NC(=O)Nc1c(O)ccn(Cc2ccccc2Cl)c1=O)c1ccc(C)cc1.Cc1ccc([C@H](CC(=O)O)NC(=O)Nc2c(O)ccn(Cc3ccccc3Cl)c2=O)cc1.Nc1c(O)ccn(Cc2ccccc2Cl)c1=O.O=c1[nH]c2c(=O)n(Cc3ccccc3Cl)ccc2o1.O=c1c([N+](=O)[O-])c(O)ccn1Cc1ccccc1Cl. The Labute approximate surface area is 800 Å². The lowest BCUT2D eigenvalue weighted by molar-refractivity contribution is -0.387. The number of nitrogens with two attached hydrogens (primary N) is 2. The summed E-state index contributed by atoms with van der Waals surface area (Å²) in [5, 5.41) is 71.5. The molecule has 14 rings (SSSR count). The third-order valence-corrected chi connectivity index (χ3v) is 22.0. The van der Waals surface area contributed by atoms with Gasteiger partial charge in [0.2, 0.25) is 5.75 Å². The summed E-state index contributed by atoms with van der Waals surface area (Å²) in [4.78, 5) is 145. The van der Waals surface area contributed by atoms with E-state index in [4.69, 9.17) is 83.4 Å². The zero-order chi connectivity index (χ0) is 99.0. The number of hydrogen-bond acceptors (Lipinski definition) is 22. The quantitative estimate of drug-likeness (QED) is 0.0136. The van der Waals surface area contributed by atoms with Crippen molar-refractivity contribution >= 4 is 122 Å². The number of urea groups is 2. The number of fused-ring (bicyclic) bond motifs is 1. The van der Waals surface area contributed by atoms with Gasteiger partial charge in [-0.3, -0.25) is 53.5 Å². The van der Waals surface area contributed by atoms with Gasteiger partial charge in [0.1, 0.15) is 22.9 Å². The molecule has 3 atom stereocenters. The van der Waals surface area contributed by atoms with Gasteiger partial charge < -0.3 is 95.0 Å². The summed E-state index contributed by atoms with van der Waals surface area (Å²) in [6.07, 6.45) is 6.94. The average Bonchev–Trinajstić information content (AvgIpc) is 1.64. The van der Waals surface area contributed by atoms with Crippen molar-refractivity contribution in [1.82, 2.24) is 38.5 Å². The highest BCUT2D eigenvalue weighted by molar-refractivity contribution is 6.32. The molecule has 0 aliphatic heterocycles. The lowest BCUT2D eigenvalue weighted by Gasteiger charge is -2.19. The number of halogens is 5. The van der Waals surface area contributed by atoms with Crippen molar-refractivity contribution in [3.63, 3.8) is 0 Å². The predicted molar refractivity (Wildman–Crippen MR) is 519 cm³/mol. The van der Waals surface area contributed by atoms with Crippen LogP contribution in [0.25, 0.3) is 11.1 Å². The van der Waals surface area contributed by atoms with E-state index in [1.165, 1.54) is 66.8 Å². The summed E-state index contributed by atoms with van der Waals surface area (Å²) in [6.45, 7) is 11.0. The molecule has 0 radical (unpaired) electrons. The van der Waals surface area contributed by atoms with Crippen molar-refractivity contribution in [1.29, 1.82) is 0 Å². The molecule has 0 bridgehead atoms. The van der Waals surface area contributed by atoms with E-state index in [0.717, 1.165) is 38.5 Å². The number of ether oxygens (including phenoxy) is 2. The minimum Gasteiger partial charge on any atom is -0.506 e. The Kier molecular flexibility index (Phi) is 38.6. The lowest BCUT2D eigenvalue weighted by Crippen LogP contribution is -2.36. The number of esters is 2. The van der Waals surface area contributed by atoms with Crippen molar-refractivity contribution in [3.8, 4) is 23.0 Å². The first-order valence-electron chi connectivity index (χ1n) is 41.5. The number of amides is 4. The van der Waals surface area contributed by atoms with Crippen LogP contribution < -0.4 is 66.3 Å². The van der Waals surface area contributed by atoms with Gasteiger partial charge in [-0.05, 0) is 134 Å². The normalized spacial score (nSPS) is 11.2. The van der Waals surface area contributed by atoms with Gasteiger partial charge in [0, 0.05) is 68.2 Å². The van der Waals surface area contributed by atoms with E-state index in [-0.39, 0.29) is 103 Å². The minimum absolute atomic E-state index is 0.0954. The Bertz CT molecular complexity index is 6970. The monoisotopic (exact) mass is 1950 g/mol. The van der Waals surface area contributed by atoms with E-state index >= 15 is 0 Å². The van der Waals surface area contributed by atoms with Crippen LogP contribution in [0.5, 0.6) is 23.0 Å². The number of nitrogens with one attached hydrogen (secondary N) is 5. The number of pyridine rings is 5. The second-order valence-electron chi connectivity index (χ2n) is 30.0. The Morgan fingerprint density at radius 1 is 0.426 bits per heavy atom. The highest BCUT2D eigenvalue weighted by Crippen LogP contribution is 2.29. The molecule has 6 aromatic heterocycles. The molecule has 4 amide bonds. The summed E-state index contributed by atoms with van der Waals surface area (Å²) < 4.78 is 21.3. The van der Waals surface area contributed by atoms with E-state index in [1.807, 2.05) is 93.6 Å². The fourth-order valence-electron chi connectivity index (χ4n) is 12.9. The van der Waals surface area contributed by atoms with Crippen LogP contribution in [0, 0.1) is 30.9 Å². The number of nitrogen functional groups attached to an aromatic ring is 1. The maximum absolute atomic E-state index is 12.9. The Hall–Kier alpha value is -15.5. The molecule has 14 aromatic rings. The van der Waals surface area contributed by atoms with E-state index in [1.54, 1.807) is 147 Å². The molecule has 0 fully saturated rings. The number of aliphatic carboxylic acids is 1. The number of benzene rings is 8. The van der Waals surface area contributed by atoms with Crippen LogP contribution in [0.3, 0.4) is 0 Å². The standard InChI is InChI=1S/C25H26ClN3O5.C23H22ClN3O5.C13H9ClN2O3.C12H9ClN2O4.C12H11ClN2O2.C12H17NO2/c1-3-34-22(31)14-20(17-10-8-16(2)9-11-17)27-25(33)28-23-21(30)12-13-29(24(23)32)15-18-6-4-5-7-19(18)26;1-14-6-8-15(9-7-14)18(12-20(29)30)25-23(32)26-21-19(28)10-11-27(22(21)31)13-16-4-2-3-5-17(16)24;14-9-4-2-1-3-8(9)7-16-6-5-10-11(12(16)17)15-13(18)19-10;13-9-4-2-1-3-8(9)7-14-6-5-10(16)11(12(14)17)15(18)19;13-9-4-2-1-3-8(9)7-15-6-5-10(16)11(14)12(15)17;1-3-15-12(14)8-11(13)10-6-4-9(2)5-7-10/h4-13,20,30H,3,14-15H2,1-2H3,(H2,27,28,33);2-11,18,28H,12-13H2,1H3,(H,29,30)(H2,25,26,32);1-6H,7H2,(H,15,18);1-6,16H,7H2;1-6,16H,7,14H2;4-7,11H,3,8,13H2,1-2H3/t20-;18-;;;;11-/m00...0/s1. The molecule has 0 saturated carbocycles. The number of nitro groups is 1. The van der Waals surface area contributed by atoms with E-state index in [0.29, 0.717) is 72.6 Å². The smallest absolute Gasteiger partial charge is 0.417 e. The molecule has 14 N–H and O–H groups in total. The fraction of sp³-hybridized carbons (Fsp3) is 0.186. The number of carbonyl (C=O) groups is 5. The molecule has 0 aliphatic rings. The number of nitrogens with zero attached hydrogens (tertiary/aromatic N) is 6. The molecule has 0 saturated heterocycles. The summed E-state index contributed by atoms with van der Waals surface area (Å²) in [6, 6.07) is 61.0. The largest absolute Gasteiger partial charge is 0.506 e. The number of aromatic nitrogens is 6. The number of aromatic amines is 1. The third-order valence-electron chi connectivity index (χ3n) is 20.1. The third kappa shape index (κ3) is 30.3. The van der Waals surface area contributed by atoms with Gasteiger partial charge >= 0.3 is 47.0 Å². The number of aryl methyl sites for hydroxylation is 3. The van der Waals surface area contributed by atoms with Crippen molar-refractivity contribution in [2.75, 3.05) is 29.6 Å². The summed E-state index contributed by atoms with van der Waals surface area (Å²) in [7, 11) is 0. The van der Waals surface area contributed by atoms with E-state index in [2.05, 4.69) is 26.3 Å². The first-order chi connectivity index (χ1) is 64.9. The molecule has 708 valence electrons. The molecule has 0 unspecified atom stereocenters. The fourth-order valence-corrected chi connectivity index (χ4v) is 13.9. The lowest BCUT2D eigenvalue weighted by atomic mass is 10.0. The number of aromatic hydroxyl groups is 4. The van der Waals surface area contributed by atoms with Crippen LogP contribution in [0.15, 0.2) is 289 Å². The number of carboxylic acids is 1. The number of carbonyl (C=O) groups excluding carboxylic acids is 4. The molecule has 0 spiro atoms. The van der Waals surface area contributed by atoms with Crippen molar-refractivity contribution in [2.45, 2.75) is 105 Å². The van der Waals surface area contributed by atoms with Crippen LogP contribution in [0.1, 0.15) is 112 Å². The second kappa shape index (κ2) is 50.4. The van der Waals surface area contributed by atoms with Crippen molar-refractivity contribution in [3.05, 3.63) is 414 Å². The van der Waals surface area contributed by atoms with Gasteiger partial charge in [-0.1, -0.05) is 238 Å². The van der Waals surface area contributed by atoms with Crippen LogP contribution in [0.4, 0.5) is 32.3 Å². The van der Waals surface area contributed by atoms with Gasteiger partial charge in [0.25, 0.3) is 22.2 Å². The van der Waals surface area contributed by atoms with Crippen LogP contribution in [-0.4, -0.2) is 101 Å². The first kappa shape index (κ1) is 104.